The van der Waals surface area contributed by atoms with E-state index in [0.717, 1.165) is 59.2 Å². The van der Waals surface area contributed by atoms with Crippen LogP contribution in [0.15, 0.2) is 36.7 Å². The Kier molecular flexibility index (Phi) is 5.16. The van der Waals surface area contributed by atoms with Crippen molar-refractivity contribution in [1.82, 2.24) is 19.7 Å². The minimum atomic E-state index is 0.123. The van der Waals surface area contributed by atoms with Crippen LogP contribution in [0, 0.1) is 6.92 Å². The number of aromatic nitrogens is 3. The molecule has 1 aliphatic rings. The minimum absolute atomic E-state index is 0.123. The third-order valence-corrected chi connectivity index (χ3v) is 5.59. The van der Waals surface area contributed by atoms with Gasteiger partial charge in [-0.3, -0.25) is 9.48 Å². The summed E-state index contributed by atoms with van der Waals surface area (Å²) in [7, 11) is 0. The number of para-hydroxylation sites is 1. The zero-order valence-corrected chi connectivity index (χ0v) is 17.0. The third-order valence-electron chi connectivity index (χ3n) is 5.59. The predicted octanol–water partition coefficient (Wildman–Crippen LogP) is 5.00. The van der Waals surface area contributed by atoms with E-state index in [1.165, 1.54) is 12.8 Å². The van der Waals surface area contributed by atoms with E-state index in [1.807, 2.05) is 40.2 Å². The molecule has 0 saturated carbocycles. The number of rotatable bonds is 3. The van der Waals surface area contributed by atoms with Gasteiger partial charge in [0.05, 0.1) is 23.0 Å². The van der Waals surface area contributed by atoms with E-state index < -0.39 is 0 Å². The number of hydrogen-bond donors (Lipinski definition) is 0. The van der Waals surface area contributed by atoms with Gasteiger partial charge in [-0.1, -0.05) is 31.0 Å². The Morgan fingerprint density at radius 3 is 2.54 bits per heavy atom. The lowest BCUT2D eigenvalue weighted by atomic mass is 10.0. The van der Waals surface area contributed by atoms with Gasteiger partial charge < -0.3 is 4.90 Å². The van der Waals surface area contributed by atoms with Gasteiger partial charge in [0, 0.05) is 36.3 Å². The average molecular weight is 377 g/mol. The Morgan fingerprint density at radius 2 is 1.86 bits per heavy atom. The van der Waals surface area contributed by atoms with Crippen molar-refractivity contribution in [2.24, 2.45) is 0 Å². The van der Waals surface area contributed by atoms with E-state index in [9.17, 15) is 4.79 Å². The molecule has 0 spiro atoms. The van der Waals surface area contributed by atoms with Crippen LogP contribution in [0.4, 0.5) is 0 Å². The first-order valence-corrected chi connectivity index (χ1v) is 10.3. The summed E-state index contributed by atoms with van der Waals surface area (Å²) >= 11 is 0. The first kappa shape index (κ1) is 18.7. The smallest absolute Gasteiger partial charge is 0.254 e. The molecule has 0 N–H and O–H groups in total. The van der Waals surface area contributed by atoms with Gasteiger partial charge >= 0.3 is 0 Å². The van der Waals surface area contributed by atoms with Crippen molar-refractivity contribution in [3.05, 3.63) is 47.8 Å². The Bertz CT molecular complexity index is 997. The van der Waals surface area contributed by atoms with Gasteiger partial charge in [-0.05, 0) is 45.2 Å². The summed E-state index contributed by atoms with van der Waals surface area (Å²) < 4.78 is 1.93. The van der Waals surface area contributed by atoms with Crippen LogP contribution in [0.5, 0.6) is 0 Å². The van der Waals surface area contributed by atoms with Crippen molar-refractivity contribution in [1.29, 1.82) is 0 Å². The van der Waals surface area contributed by atoms with E-state index >= 15 is 0 Å². The van der Waals surface area contributed by atoms with Gasteiger partial charge in [-0.25, -0.2) is 4.98 Å². The molecule has 5 nitrogen and oxygen atoms in total. The first-order valence-electron chi connectivity index (χ1n) is 10.3. The van der Waals surface area contributed by atoms with Crippen LogP contribution in [0.3, 0.4) is 0 Å². The average Bonchev–Trinajstić information content (AvgIpc) is 3.04. The molecule has 28 heavy (non-hydrogen) atoms. The summed E-state index contributed by atoms with van der Waals surface area (Å²) in [6, 6.07) is 8.32. The van der Waals surface area contributed by atoms with Gasteiger partial charge in [0.25, 0.3) is 5.91 Å². The van der Waals surface area contributed by atoms with Crippen LogP contribution in [0.25, 0.3) is 22.2 Å². The number of amides is 1. The van der Waals surface area contributed by atoms with Crippen LogP contribution in [0.1, 0.15) is 61.5 Å². The fourth-order valence-corrected chi connectivity index (χ4v) is 3.91. The summed E-state index contributed by atoms with van der Waals surface area (Å²) in [5, 5.41) is 5.39. The van der Waals surface area contributed by atoms with Crippen molar-refractivity contribution in [3.63, 3.8) is 0 Å². The van der Waals surface area contributed by atoms with Gasteiger partial charge in [0.2, 0.25) is 0 Å². The van der Waals surface area contributed by atoms with E-state index in [1.54, 1.807) is 0 Å². The highest BCUT2D eigenvalue weighted by Gasteiger charge is 2.21. The maximum atomic E-state index is 13.5. The summed E-state index contributed by atoms with van der Waals surface area (Å²) in [6.45, 7) is 7.94. The standard InChI is InChI=1S/C23H28N4O/c1-16(2)27-15-18(14-24-27)21-13-20(19-10-8-9-17(3)22(19)25-21)23(28)26-11-6-4-5-7-12-26/h8-10,13-16H,4-7,11-12H2,1-3H3. The second-order valence-corrected chi connectivity index (χ2v) is 8.04. The molecule has 0 unspecified atom stereocenters. The maximum absolute atomic E-state index is 13.5. The Morgan fingerprint density at radius 1 is 1.11 bits per heavy atom. The van der Waals surface area contributed by atoms with Crippen molar-refractivity contribution < 1.29 is 4.79 Å². The topological polar surface area (TPSA) is 51.0 Å². The molecule has 0 aliphatic carbocycles. The fourth-order valence-electron chi connectivity index (χ4n) is 3.91. The van der Waals surface area contributed by atoms with Crippen molar-refractivity contribution in [2.75, 3.05) is 13.1 Å². The van der Waals surface area contributed by atoms with Crippen molar-refractivity contribution in [3.8, 4) is 11.3 Å². The first-order chi connectivity index (χ1) is 13.5. The SMILES string of the molecule is Cc1cccc2c(C(=O)N3CCCCCC3)cc(-c3cnn(C(C)C)c3)nc12. The highest BCUT2D eigenvalue weighted by atomic mass is 16.2. The number of hydrogen-bond acceptors (Lipinski definition) is 3. The molecule has 1 saturated heterocycles. The molecule has 1 aliphatic heterocycles. The summed E-state index contributed by atoms with van der Waals surface area (Å²) in [6.07, 6.45) is 8.44. The van der Waals surface area contributed by atoms with Crippen LogP contribution in [-0.2, 0) is 0 Å². The number of nitrogens with zero attached hydrogens (tertiary/aromatic N) is 4. The van der Waals surface area contributed by atoms with E-state index in [-0.39, 0.29) is 11.9 Å². The fraction of sp³-hybridized carbons (Fsp3) is 0.435. The van der Waals surface area contributed by atoms with Crippen LogP contribution in [0.2, 0.25) is 0 Å². The zero-order valence-electron chi connectivity index (χ0n) is 17.0. The number of pyridine rings is 1. The van der Waals surface area contributed by atoms with E-state index in [4.69, 9.17) is 4.98 Å². The second-order valence-electron chi connectivity index (χ2n) is 8.04. The quantitative estimate of drug-likeness (QED) is 0.646. The summed E-state index contributed by atoms with van der Waals surface area (Å²) in [4.78, 5) is 20.4. The second kappa shape index (κ2) is 7.74. The molecule has 3 aromatic rings. The summed E-state index contributed by atoms with van der Waals surface area (Å²) in [5.74, 6) is 0.123. The lowest BCUT2D eigenvalue weighted by Crippen LogP contribution is -2.32. The largest absolute Gasteiger partial charge is 0.339 e. The molecule has 5 heteroatoms. The molecule has 0 bridgehead atoms. The lowest BCUT2D eigenvalue weighted by molar-refractivity contribution is 0.0763. The summed E-state index contributed by atoms with van der Waals surface area (Å²) in [5.41, 5.74) is 4.49. The molecule has 0 atom stereocenters. The monoisotopic (exact) mass is 376 g/mol. The number of likely N-dealkylation sites (tertiary alicyclic amines) is 1. The van der Waals surface area contributed by atoms with E-state index in [0.29, 0.717) is 0 Å². The predicted molar refractivity (Wildman–Crippen MR) is 112 cm³/mol. The Labute approximate surface area is 166 Å². The molecule has 1 fully saturated rings. The Hall–Kier alpha value is -2.69. The number of aryl methyl sites for hydroxylation is 1. The molecule has 2 aromatic heterocycles. The molecular formula is C23H28N4O. The van der Waals surface area contributed by atoms with Gasteiger partial charge in [0.15, 0.2) is 0 Å². The maximum Gasteiger partial charge on any atom is 0.254 e. The van der Waals surface area contributed by atoms with Crippen LogP contribution >= 0.6 is 0 Å². The molecule has 0 radical (unpaired) electrons. The number of carbonyl (C=O) groups is 1. The Balaban J connectivity index is 1.84. The van der Waals surface area contributed by atoms with Crippen LogP contribution < -0.4 is 0 Å². The molecule has 3 heterocycles. The molecule has 146 valence electrons. The van der Waals surface area contributed by atoms with Gasteiger partial charge in [0.1, 0.15) is 0 Å². The number of benzene rings is 1. The molecule has 1 aromatic carbocycles. The van der Waals surface area contributed by atoms with Crippen molar-refractivity contribution in [2.45, 2.75) is 52.5 Å². The van der Waals surface area contributed by atoms with Gasteiger partial charge in [-0.2, -0.15) is 5.10 Å². The number of carbonyl (C=O) groups excluding carboxylic acids is 1. The highest BCUT2D eigenvalue weighted by Crippen LogP contribution is 2.28. The number of fused-ring (bicyclic) bond motifs is 1. The van der Waals surface area contributed by atoms with Gasteiger partial charge in [-0.15, -0.1) is 0 Å². The van der Waals surface area contributed by atoms with E-state index in [2.05, 4.69) is 31.9 Å². The lowest BCUT2D eigenvalue weighted by Gasteiger charge is -2.21. The highest BCUT2D eigenvalue weighted by molar-refractivity contribution is 6.07. The minimum Gasteiger partial charge on any atom is -0.339 e. The molecular weight excluding hydrogens is 348 g/mol. The normalized spacial score (nSPS) is 15.2. The van der Waals surface area contributed by atoms with Crippen LogP contribution in [-0.4, -0.2) is 38.7 Å². The molecule has 4 rings (SSSR count). The third kappa shape index (κ3) is 3.53. The zero-order chi connectivity index (χ0) is 19.7. The van der Waals surface area contributed by atoms with Crippen molar-refractivity contribution >= 4 is 16.8 Å². The molecule has 1 amide bonds.